The molecule has 112 valence electrons. The number of nitrogens with one attached hydrogen (secondary N) is 1. The van der Waals surface area contributed by atoms with Crippen molar-refractivity contribution in [2.24, 2.45) is 0 Å². The summed E-state index contributed by atoms with van der Waals surface area (Å²) in [6.07, 6.45) is -3.00. The summed E-state index contributed by atoms with van der Waals surface area (Å²) in [5, 5.41) is 9.37. The third-order valence-corrected chi connectivity index (χ3v) is 3.63. The molecule has 1 unspecified atom stereocenters. The molecule has 0 bridgehead atoms. The van der Waals surface area contributed by atoms with E-state index in [1.807, 2.05) is 4.90 Å². The zero-order valence-electron chi connectivity index (χ0n) is 11.1. The molecule has 0 amide bonds. The van der Waals surface area contributed by atoms with Crippen molar-refractivity contribution in [3.05, 3.63) is 47.5 Å². The average Bonchev–Trinajstić information content (AvgIpc) is 3.07. The number of aliphatic hydroxyl groups excluding tert-OH is 1. The first-order valence-corrected chi connectivity index (χ1v) is 6.55. The Morgan fingerprint density at radius 1 is 1.38 bits per heavy atom. The molecule has 1 atom stereocenters. The molecule has 0 spiro atoms. The number of H-pyrrole nitrogens is 1. The van der Waals surface area contributed by atoms with Gasteiger partial charge in [-0.25, -0.2) is 4.98 Å². The second-order valence-corrected chi connectivity index (χ2v) is 5.06. The third-order valence-electron chi connectivity index (χ3n) is 3.63. The summed E-state index contributed by atoms with van der Waals surface area (Å²) in [7, 11) is 0. The quantitative estimate of drug-likeness (QED) is 0.915. The maximum atomic E-state index is 12.6. The highest BCUT2D eigenvalue weighted by molar-refractivity contribution is 5.60. The fourth-order valence-corrected chi connectivity index (χ4v) is 2.56. The summed E-state index contributed by atoms with van der Waals surface area (Å²) >= 11 is 0. The van der Waals surface area contributed by atoms with Crippen LogP contribution in [0, 0.1) is 0 Å². The summed E-state index contributed by atoms with van der Waals surface area (Å²) in [6, 6.07) is 4.42. The van der Waals surface area contributed by atoms with Crippen LogP contribution in [0.3, 0.4) is 0 Å². The molecule has 7 heteroatoms. The SMILES string of the molecule is OC(c1ccc2c(c1)N(Cc1c[nH]cn1)CC2)C(F)(F)F. The van der Waals surface area contributed by atoms with Crippen LogP contribution in [0.25, 0.3) is 0 Å². The van der Waals surface area contributed by atoms with Crippen LogP contribution in [-0.4, -0.2) is 27.8 Å². The summed E-state index contributed by atoms with van der Waals surface area (Å²) in [6.45, 7) is 1.26. The zero-order chi connectivity index (χ0) is 15.0. The highest BCUT2D eigenvalue weighted by Gasteiger charge is 2.39. The van der Waals surface area contributed by atoms with E-state index < -0.39 is 12.3 Å². The Hall–Kier alpha value is -2.02. The number of halogens is 3. The van der Waals surface area contributed by atoms with Gasteiger partial charge in [0.25, 0.3) is 0 Å². The molecule has 2 N–H and O–H groups in total. The van der Waals surface area contributed by atoms with Gasteiger partial charge in [-0.05, 0) is 23.6 Å². The van der Waals surface area contributed by atoms with Crippen LogP contribution in [-0.2, 0) is 13.0 Å². The van der Waals surface area contributed by atoms with Crippen LogP contribution in [0.1, 0.15) is 22.9 Å². The van der Waals surface area contributed by atoms with Crippen LogP contribution < -0.4 is 4.90 Å². The molecule has 3 rings (SSSR count). The van der Waals surface area contributed by atoms with Gasteiger partial charge in [0, 0.05) is 18.4 Å². The molecule has 21 heavy (non-hydrogen) atoms. The molecule has 0 saturated heterocycles. The lowest BCUT2D eigenvalue weighted by atomic mass is 10.0. The average molecular weight is 297 g/mol. The number of anilines is 1. The van der Waals surface area contributed by atoms with Crippen LogP contribution in [0.2, 0.25) is 0 Å². The standard InChI is InChI=1S/C14H14F3N3O/c15-14(16,17)13(21)10-2-1-9-3-4-20(12(9)5-10)7-11-6-18-8-19-11/h1-2,5-6,8,13,21H,3-4,7H2,(H,18,19). The summed E-state index contributed by atoms with van der Waals surface area (Å²) in [5.41, 5.74) is 2.42. The van der Waals surface area contributed by atoms with E-state index in [0.717, 1.165) is 29.9 Å². The van der Waals surface area contributed by atoms with Gasteiger partial charge in [-0.15, -0.1) is 0 Å². The number of hydrogen-bond acceptors (Lipinski definition) is 3. The van der Waals surface area contributed by atoms with Gasteiger partial charge in [0.15, 0.2) is 6.10 Å². The van der Waals surface area contributed by atoms with E-state index in [-0.39, 0.29) is 5.56 Å². The van der Waals surface area contributed by atoms with Gasteiger partial charge in [0.05, 0.1) is 18.6 Å². The van der Waals surface area contributed by atoms with E-state index in [0.29, 0.717) is 6.54 Å². The number of aromatic nitrogens is 2. The highest BCUT2D eigenvalue weighted by atomic mass is 19.4. The molecule has 1 aliphatic rings. The lowest BCUT2D eigenvalue weighted by Crippen LogP contribution is -2.22. The van der Waals surface area contributed by atoms with E-state index in [9.17, 15) is 18.3 Å². The molecular formula is C14H14F3N3O. The fraction of sp³-hybridized carbons (Fsp3) is 0.357. The first-order chi connectivity index (χ1) is 9.95. The number of nitrogens with zero attached hydrogens (tertiary/aromatic N) is 2. The van der Waals surface area contributed by atoms with E-state index in [2.05, 4.69) is 9.97 Å². The number of fused-ring (bicyclic) bond motifs is 1. The smallest absolute Gasteiger partial charge is 0.379 e. The topological polar surface area (TPSA) is 52.1 Å². The predicted octanol–water partition coefficient (Wildman–Crippen LogP) is 2.57. The number of aromatic amines is 1. The van der Waals surface area contributed by atoms with Crippen LogP contribution in [0.5, 0.6) is 0 Å². The molecule has 0 saturated carbocycles. The van der Waals surface area contributed by atoms with Crippen molar-refractivity contribution in [1.29, 1.82) is 0 Å². The number of imidazole rings is 1. The lowest BCUT2D eigenvalue weighted by molar-refractivity contribution is -0.206. The number of hydrogen-bond donors (Lipinski definition) is 2. The van der Waals surface area contributed by atoms with Gasteiger partial charge in [-0.2, -0.15) is 13.2 Å². The van der Waals surface area contributed by atoms with E-state index >= 15 is 0 Å². The Kier molecular flexibility index (Phi) is 3.36. The predicted molar refractivity (Wildman–Crippen MR) is 70.8 cm³/mol. The van der Waals surface area contributed by atoms with Gasteiger partial charge in [0.2, 0.25) is 0 Å². The maximum Gasteiger partial charge on any atom is 0.418 e. The number of aliphatic hydroxyl groups is 1. The van der Waals surface area contributed by atoms with E-state index in [4.69, 9.17) is 0 Å². The second kappa shape index (κ2) is 5.07. The van der Waals surface area contributed by atoms with Crippen molar-refractivity contribution >= 4 is 5.69 Å². The molecule has 1 aromatic carbocycles. The number of benzene rings is 1. The molecule has 1 aromatic heterocycles. The zero-order valence-corrected chi connectivity index (χ0v) is 11.1. The largest absolute Gasteiger partial charge is 0.418 e. The van der Waals surface area contributed by atoms with Gasteiger partial charge >= 0.3 is 6.18 Å². The Morgan fingerprint density at radius 3 is 2.86 bits per heavy atom. The molecule has 0 fully saturated rings. The van der Waals surface area contributed by atoms with Gasteiger partial charge in [-0.3, -0.25) is 0 Å². The number of alkyl halides is 3. The Labute approximate surface area is 119 Å². The van der Waals surface area contributed by atoms with Crippen LogP contribution in [0.4, 0.5) is 18.9 Å². The van der Waals surface area contributed by atoms with Crippen molar-refractivity contribution in [2.75, 3.05) is 11.4 Å². The minimum absolute atomic E-state index is 0.129. The summed E-state index contributed by atoms with van der Waals surface area (Å²) in [5.74, 6) is 0. The fourth-order valence-electron chi connectivity index (χ4n) is 2.56. The van der Waals surface area contributed by atoms with Crippen molar-refractivity contribution in [3.8, 4) is 0 Å². The first kappa shape index (κ1) is 13.9. The summed E-state index contributed by atoms with van der Waals surface area (Å²) < 4.78 is 37.8. The normalized spacial score (nSPS) is 16.1. The van der Waals surface area contributed by atoms with Gasteiger partial charge in [0.1, 0.15) is 0 Å². The first-order valence-electron chi connectivity index (χ1n) is 6.55. The Morgan fingerprint density at radius 2 is 2.19 bits per heavy atom. The van der Waals surface area contributed by atoms with Crippen molar-refractivity contribution in [3.63, 3.8) is 0 Å². The molecule has 4 nitrogen and oxygen atoms in total. The van der Waals surface area contributed by atoms with Crippen LogP contribution in [0.15, 0.2) is 30.7 Å². The van der Waals surface area contributed by atoms with E-state index in [1.165, 1.54) is 12.1 Å². The number of rotatable bonds is 3. The third kappa shape index (κ3) is 2.73. The lowest BCUT2D eigenvalue weighted by Gasteiger charge is -2.20. The molecule has 2 aromatic rings. The Balaban J connectivity index is 1.87. The molecule has 0 radical (unpaired) electrons. The molecular weight excluding hydrogens is 283 g/mol. The minimum atomic E-state index is -4.65. The molecule has 0 aliphatic carbocycles. The summed E-state index contributed by atoms with van der Waals surface area (Å²) in [4.78, 5) is 8.94. The maximum absolute atomic E-state index is 12.6. The van der Waals surface area contributed by atoms with Crippen molar-refractivity contribution in [1.82, 2.24) is 9.97 Å². The van der Waals surface area contributed by atoms with E-state index in [1.54, 1.807) is 18.6 Å². The minimum Gasteiger partial charge on any atom is -0.379 e. The Bertz CT molecular complexity index is 625. The molecule has 2 heterocycles. The van der Waals surface area contributed by atoms with Crippen molar-refractivity contribution < 1.29 is 18.3 Å². The molecule has 1 aliphatic heterocycles. The van der Waals surface area contributed by atoms with Gasteiger partial charge in [-0.1, -0.05) is 12.1 Å². The monoisotopic (exact) mass is 297 g/mol. The highest BCUT2D eigenvalue weighted by Crippen LogP contribution is 2.37. The van der Waals surface area contributed by atoms with Crippen molar-refractivity contribution in [2.45, 2.75) is 25.2 Å². The van der Waals surface area contributed by atoms with Crippen LogP contribution >= 0.6 is 0 Å². The second-order valence-electron chi connectivity index (χ2n) is 5.06. The van der Waals surface area contributed by atoms with Gasteiger partial charge < -0.3 is 15.0 Å².